The van der Waals surface area contributed by atoms with Crippen LogP contribution in [0.1, 0.15) is 29.2 Å². The lowest BCUT2D eigenvalue weighted by Gasteiger charge is -2.40. The van der Waals surface area contributed by atoms with E-state index < -0.39 is 0 Å². The topological polar surface area (TPSA) is 11.4 Å². The second kappa shape index (κ2) is 9.72. The smallest absolute Gasteiger partial charge is 0.0602 e. The molecule has 164 valence electrons. The maximum Gasteiger partial charge on any atom is 0.0602 e. The van der Waals surface area contributed by atoms with Crippen LogP contribution in [0.2, 0.25) is 0 Å². The Bertz CT molecular complexity index is 1090. The number of hydrogen-bond acceptors (Lipinski definition) is 2. The van der Waals surface area contributed by atoms with Crippen molar-refractivity contribution in [3.05, 3.63) is 108 Å². The first-order valence-electron chi connectivity index (χ1n) is 11.9. The van der Waals surface area contributed by atoms with Crippen LogP contribution < -0.4 is 0 Å². The molecule has 0 N–H and O–H groups in total. The van der Waals surface area contributed by atoms with Gasteiger partial charge in [0.2, 0.25) is 0 Å². The predicted octanol–water partition coefficient (Wildman–Crippen LogP) is 5.75. The molecule has 1 saturated heterocycles. The Morgan fingerprint density at radius 1 is 0.688 bits per heavy atom. The Balaban J connectivity index is 1.19. The van der Waals surface area contributed by atoms with Gasteiger partial charge in [-0.3, -0.25) is 4.90 Å². The molecule has 1 aromatic heterocycles. The highest BCUT2D eigenvalue weighted by molar-refractivity contribution is 5.83. The summed E-state index contributed by atoms with van der Waals surface area (Å²) in [5.41, 5.74) is 5.52. The van der Waals surface area contributed by atoms with Crippen LogP contribution in [-0.2, 0) is 6.54 Å². The van der Waals surface area contributed by atoms with Gasteiger partial charge < -0.3 is 9.47 Å². The number of aryl methyl sites for hydroxylation is 2. The lowest BCUT2D eigenvalue weighted by molar-refractivity contribution is 0.108. The van der Waals surface area contributed by atoms with Crippen molar-refractivity contribution in [1.82, 2.24) is 14.4 Å². The fourth-order valence-electron chi connectivity index (χ4n) is 5.21. The highest BCUT2D eigenvalue weighted by Crippen LogP contribution is 2.29. The van der Waals surface area contributed by atoms with Crippen LogP contribution in [-0.4, -0.2) is 47.1 Å². The van der Waals surface area contributed by atoms with E-state index in [-0.39, 0.29) is 0 Å². The van der Waals surface area contributed by atoms with E-state index in [0.29, 0.717) is 6.04 Å². The molecule has 0 bridgehead atoms. The Hall–Kier alpha value is -2.88. The molecule has 0 atom stereocenters. The largest absolute Gasteiger partial charge is 0.347 e. The third-order valence-corrected chi connectivity index (χ3v) is 6.86. The van der Waals surface area contributed by atoms with E-state index in [9.17, 15) is 0 Å². The third kappa shape index (κ3) is 4.50. The van der Waals surface area contributed by atoms with Gasteiger partial charge in [-0.05, 0) is 42.6 Å². The van der Waals surface area contributed by atoms with Gasteiger partial charge in [0.1, 0.15) is 0 Å². The van der Waals surface area contributed by atoms with Crippen LogP contribution in [0.3, 0.4) is 0 Å². The van der Waals surface area contributed by atoms with Crippen LogP contribution in [0.15, 0.2) is 91.1 Å². The highest BCUT2D eigenvalue weighted by atomic mass is 15.3. The molecule has 4 aromatic rings. The minimum atomic E-state index is 0.341. The molecule has 2 heterocycles. The summed E-state index contributed by atoms with van der Waals surface area (Å²) in [6, 6.07) is 31.0. The summed E-state index contributed by atoms with van der Waals surface area (Å²) in [7, 11) is 0. The van der Waals surface area contributed by atoms with Crippen LogP contribution in [0.4, 0.5) is 0 Å². The van der Waals surface area contributed by atoms with Crippen LogP contribution in [0.25, 0.3) is 10.9 Å². The molecule has 0 amide bonds. The molecular weight excluding hydrogens is 390 g/mol. The minimum absolute atomic E-state index is 0.341. The molecule has 5 rings (SSSR count). The summed E-state index contributed by atoms with van der Waals surface area (Å²) in [4.78, 5) is 5.30. The molecule has 0 radical (unpaired) electrons. The summed E-state index contributed by atoms with van der Waals surface area (Å²) >= 11 is 0. The number of piperazine rings is 1. The molecule has 32 heavy (non-hydrogen) atoms. The third-order valence-electron chi connectivity index (χ3n) is 6.86. The van der Waals surface area contributed by atoms with Crippen molar-refractivity contribution in [2.24, 2.45) is 0 Å². The van der Waals surface area contributed by atoms with Crippen LogP contribution in [0, 0.1) is 6.92 Å². The van der Waals surface area contributed by atoms with E-state index in [2.05, 4.69) is 112 Å². The molecule has 0 saturated carbocycles. The zero-order valence-electron chi connectivity index (χ0n) is 19.0. The van der Waals surface area contributed by atoms with Gasteiger partial charge in [-0.2, -0.15) is 0 Å². The fraction of sp³-hybridized carbons (Fsp3) is 0.310. The first-order chi connectivity index (χ1) is 15.8. The normalized spacial score (nSPS) is 15.6. The van der Waals surface area contributed by atoms with E-state index >= 15 is 0 Å². The van der Waals surface area contributed by atoms with Crippen molar-refractivity contribution in [2.75, 3.05) is 32.7 Å². The van der Waals surface area contributed by atoms with Crippen molar-refractivity contribution < 1.29 is 0 Å². The molecule has 0 unspecified atom stereocenters. The minimum Gasteiger partial charge on any atom is -0.347 e. The number of hydrogen-bond donors (Lipinski definition) is 0. The average molecular weight is 424 g/mol. The fourth-order valence-corrected chi connectivity index (χ4v) is 5.21. The molecular formula is C29H33N3. The number of rotatable bonds is 7. The van der Waals surface area contributed by atoms with Gasteiger partial charge in [0, 0.05) is 49.8 Å². The Kier molecular flexibility index (Phi) is 6.38. The first kappa shape index (κ1) is 21.0. The summed E-state index contributed by atoms with van der Waals surface area (Å²) < 4.78 is 2.43. The lowest BCUT2D eigenvalue weighted by atomic mass is 9.96. The summed E-state index contributed by atoms with van der Waals surface area (Å²) in [5.74, 6) is 0. The maximum atomic E-state index is 2.66. The first-order valence-corrected chi connectivity index (χ1v) is 11.9. The molecule has 0 spiro atoms. The number of fused-ring (bicyclic) bond motifs is 1. The second-order valence-electron chi connectivity index (χ2n) is 8.98. The number of nitrogens with zero attached hydrogens (tertiary/aromatic N) is 3. The van der Waals surface area contributed by atoms with Crippen molar-refractivity contribution in [2.45, 2.75) is 25.9 Å². The van der Waals surface area contributed by atoms with Crippen molar-refractivity contribution in [3.63, 3.8) is 0 Å². The quantitative estimate of drug-likeness (QED) is 0.375. The second-order valence-corrected chi connectivity index (χ2v) is 8.98. The lowest BCUT2D eigenvalue weighted by Crippen LogP contribution is -2.48. The summed E-state index contributed by atoms with van der Waals surface area (Å²) in [5, 5.41) is 1.38. The molecule has 1 aliphatic heterocycles. The van der Waals surface area contributed by atoms with Gasteiger partial charge in [-0.25, -0.2) is 0 Å². The van der Waals surface area contributed by atoms with E-state index in [0.717, 1.165) is 32.7 Å². The SMILES string of the molecule is Cc1cn(CCCN2CCN(C(c3ccccc3)c3ccccc3)CC2)c2ccccc12. The number of para-hydroxylation sites is 1. The number of benzene rings is 3. The van der Waals surface area contributed by atoms with Gasteiger partial charge in [0.25, 0.3) is 0 Å². The van der Waals surface area contributed by atoms with E-state index in [1.54, 1.807) is 0 Å². The Morgan fingerprint density at radius 3 is 1.94 bits per heavy atom. The van der Waals surface area contributed by atoms with Crippen molar-refractivity contribution >= 4 is 10.9 Å². The van der Waals surface area contributed by atoms with Gasteiger partial charge in [0.05, 0.1) is 6.04 Å². The summed E-state index contributed by atoms with van der Waals surface area (Å²) in [6.07, 6.45) is 3.51. The van der Waals surface area contributed by atoms with Gasteiger partial charge >= 0.3 is 0 Å². The van der Waals surface area contributed by atoms with E-state index in [1.807, 2.05) is 0 Å². The van der Waals surface area contributed by atoms with Gasteiger partial charge in [0.15, 0.2) is 0 Å². The molecule has 3 aromatic carbocycles. The standard InChI is InChI=1S/C29H33N3/c1-24-23-32(28-16-9-8-15-27(24)28)18-10-17-30-19-21-31(22-20-30)29(25-11-4-2-5-12-25)26-13-6-3-7-14-26/h2-9,11-16,23,29H,10,17-22H2,1H3. The van der Waals surface area contributed by atoms with Crippen molar-refractivity contribution in [3.8, 4) is 0 Å². The zero-order valence-corrected chi connectivity index (χ0v) is 19.0. The van der Waals surface area contributed by atoms with Crippen LogP contribution >= 0.6 is 0 Å². The average Bonchev–Trinajstić information content (AvgIpc) is 3.17. The highest BCUT2D eigenvalue weighted by Gasteiger charge is 2.26. The number of aromatic nitrogens is 1. The van der Waals surface area contributed by atoms with Crippen molar-refractivity contribution in [1.29, 1.82) is 0 Å². The predicted molar refractivity (Wildman–Crippen MR) is 134 cm³/mol. The molecule has 1 aliphatic rings. The van der Waals surface area contributed by atoms with Gasteiger partial charge in [-0.15, -0.1) is 0 Å². The monoisotopic (exact) mass is 423 g/mol. The molecule has 3 heteroatoms. The summed E-state index contributed by atoms with van der Waals surface area (Å²) in [6.45, 7) is 8.98. The zero-order chi connectivity index (χ0) is 21.8. The maximum absolute atomic E-state index is 2.66. The Labute approximate surface area is 191 Å². The van der Waals surface area contributed by atoms with Gasteiger partial charge in [-0.1, -0.05) is 78.9 Å². The van der Waals surface area contributed by atoms with E-state index in [4.69, 9.17) is 0 Å². The van der Waals surface area contributed by atoms with Crippen LogP contribution in [0.5, 0.6) is 0 Å². The molecule has 1 fully saturated rings. The van der Waals surface area contributed by atoms with E-state index in [1.165, 1.54) is 40.6 Å². The Morgan fingerprint density at radius 2 is 1.28 bits per heavy atom. The molecule has 0 aliphatic carbocycles. The molecule has 3 nitrogen and oxygen atoms in total.